The monoisotopic (exact) mass is 300 g/mol. The molecule has 0 atom stereocenters. The molecule has 3 aromatic rings. The van der Waals surface area contributed by atoms with Gasteiger partial charge in [0.05, 0.1) is 0 Å². The highest BCUT2D eigenvalue weighted by atomic mass is 35.5. The first-order valence-corrected chi connectivity index (χ1v) is 7.02. The van der Waals surface area contributed by atoms with Gasteiger partial charge in [0.1, 0.15) is 5.52 Å². The zero-order chi connectivity index (χ0) is 14.8. The molecule has 0 unspecified atom stereocenters. The fourth-order valence-corrected chi connectivity index (χ4v) is 2.25. The summed E-state index contributed by atoms with van der Waals surface area (Å²) >= 11 is 5.73. The van der Waals surface area contributed by atoms with Gasteiger partial charge in [-0.1, -0.05) is 12.1 Å². The number of hydrogen-bond acceptors (Lipinski definition) is 3. The van der Waals surface area contributed by atoms with E-state index < -0.39 is 0 Å². The van der Waals surface area contributed by atoms with E-state index in [0.717, 1.165) is 11.1 Å². The van der Waals surface area contributed by atoms with Crippen LogP contribution in [0.25, 0.3) is 11.1 Å². The van der Waals surface area contributed by atoms with Gasteiger partial charge in [0.25, 0.3) is 5.91 Å². The van der Waals surface area contributed by atoms with E-state index in [1.807, 2.05) is 12.1 Å². The Balaban J connectivity index is 1.81. The molecular weight excluding hydrogens is 288 g/mol. The summed E-state index contributed by atoms with van der Waals surface area (Å²) in [5, 5.41) is 2.84. The van der Waals surface area contributed by atoms with Crippen LogP contribution in [0.5, 0.6) is 0 Å². The molecule has 0 aliphatic rings. The van der Waals surface area contributed by atoms with Gasteiger partial charge >= 0.3 is 0 Å². The third-order valence-corrected chi connectivity index (χ3v) is 3.43. The number of rotatable bonds is 3. The van der Waals surface area contributed by atoms with Crippen molar-refractivity contribution >= 4 is 34.3 Å². The van der Waals surface area contributed by atoms with Crippen LogP contribution >= 0.6 is 11.6 Å². The van der Waals surface area contributed by atoms with E-state index in [2.05, 4.69) is 10.3 Å². The zero-order valence-corrected chi connectivity index (χ0v) is 12.1. The van der Waals surface area contributed by atoms with Crippen molar-refractivity contribution in [2.45, 2.75) is 12.8 Å². The van der Waals surface area contributed by atoms with Crippen molar-refractivity contribution in [2.24, 2.45) is 0 Å². The van der Waals surface area contributed by atoms with Crippen molar-refractivity contribution in [3.63, 3.8) is 0 Å². The molecule has 1 heterocycles. The Bertz CT molecular complexity index is 794. The smallest absolute Gasteiger partial charge is 0.255 e. The van der Waals surface area contributed by atoms with Crippen molar-refractivity contribution in [3.05, 3.63) is 59.5 Å². The lowest BCUT2D eigenvalue weighted by Crippen LogP contribution is -2.11. The number of carbonyl (C=O) groups is 1. The van der Waals surface area contributed by atoms with Crippen LogP contribution in [0.1, 0.15) is 21.8 Å². The Labute approximate surface area is 126 Å². The van der Waals surface area contributed by atoms with E-state index in [0.29, 0.717) is 28.6 Å². The average molecular weight is 301 g/mol. The maximum Gasteiger partial charge on any atom is 0.255 e. The van der Waals surface area contributed by atoms with E-state index >= 15 is 0 Å². The second-order valence-electron chi connectivity index (χ2n) is 4.70. The topological polar surface area (TPSA) is 55.1 Å². The molecule has 106 valence electrons. The van der Waals surface area contributed by atoms with Crippen molar-refractivity contribution in [1.82, 2.24) is 4.98 Å². The van der Waals surface area contributed by atoms with Crippen LogP contribution in [-0.2, 0) is 5.88 Å². The predicted molar refractivity (Wildman–Crippen MR) is 82.7 cm³/mol. The van der Waals surface area contributed by atoms with Gasteiger partial charge in [0, 0.05) is 24.1 Å². The number of amides is 1. The Morgan fingerprint density at radius 3 is 2.71 bits per heavy atom. The molecule has 0 saturated carbocycles. The second kappa shape index (κ2) is 5.58. The number of nitrogens with one attached hydrogen (secondary N) is 1. The van der Waals surface area contributed by atoms with E-state index in [1.165, 1.54) is 0 Å². The lowest BCUT2D eigenvalue weighted by Gasteiger charge is -2.05. The molecule has 5 heteroatoms. The van der Waals surface area contributed by atoms with Crippen LogP contribution in [0.3, 0.4) is 0 Å². The largest absolute Gasteiger partial charge is 0.441 e. The highest BCUT2D eigenvalue weighted by Gasteiger charge is 2.08. The molecule has 0 aliphatic heterocycles. The van der Waals surface area contributed by atoms with E-state index in [-0.39, 0.29) is 5.91 Å². The number of oxazole rings is 1. The zero-order valence-electron chi connectivity index (χ0n) is 11.4. The molecular formula is C16H13ClN2O2. The van der Waals surface area contributed by atoms with Gasteiger partial charge in [-0.15, -0.1) is 11.6 Å². The predicted octanol–water partition coefficient (Wildman–Crippen LogP) is 4.13. The lowest BCUT2D eigenvalue weighted by molar-refractivity contribution is 0.102. The quantitative estimate of drug-likeness (QED) is 0.740. The number of aryl methyl sites for hydroxylation is 1. The summed E-state index contributed by atoms with van der Waals surface area (Å²) in [7, 11) is 0. The number of benzene rings is 2. The van der Waals surface area contributed by atoms with E-state index in [1.54, 1.807) is 37.3 Å². The van der Waals surface area contributed by atoms with Gasteiger partial charge in [0.2, 0.25) is 0 Å². The highest BCUT2D eigenvalue weighted by molar-refractivity contribution is 6.17. The Kier molecular flexibility index (Phi) is 3.62. The van der Waals surface area contributed by atoms with Crippen LogP contribution < -0.4 is 5.32 Å². The molecule has 3 rings (SSSR count). The third kappa shape index (κ3) is 2.90. The van der Waals surface area contributed by atoms with Gasteiger partial charge < -0.3 is 9.73 Å². The number of carbonyl (C=O) groups excluding carboxylic acids is 1. The number of nitrogens with zero attached hydrogens (tertiary/aromatic N) is 1. The first-order chi connectivity index (χ1) is 10.2. The molecule has 0 radical (unpaired) electrons. The number of hydrogen-bond donors (Lipinski definition) is 1. The fourth-order valence-electron chi connectivity index (χ4n) is 2.07. The molecule has 0 saturated heterocycles. The molecule has 1 N–H and O–H groups in total. The summed E-state index contributed by atoms with van der Waals surface area (Å²) < 4.78 is 5.40. The summed E-state index contributed by atoms with van der Waals surface area (Å²) in [5.41, 5.74) is 3.68. The van der Waals surface area contributed by atoms with Gasteiger partial charge in [-0.3, -0.25) is 4.79 Å². The second-order valence-corrected chi connectivity index (χ2v) is 4.97. The van der Waals surface area contributed by atoms with Crippen LogP contribution in [-0.4, -0.2) is 10.9 Å². The Morgan fingerprint density at radius 2 is 2.00 bits per heavy atom. The van der Waals surface area contributed by atoms with E-state index in [9.17, 15) is 4.79 Å². The van der Waals surface area contributed by atoms with Crippen molar-refractivity contribution in [3.8, 4) is 0 Å². The fraction of sp³-hybridized carbons (Fsp3) is 0.125. The maximum absolute atomic E-state index is 12.2. The molecule has 1 aromatic heterocycles. The Morgan fingerprint density at radius 1 is 1.24 bits per heavy atom. The first-order valence-electron chi connectivity index (χ1n) is 6.49. The minimum absolute atomic E-state index is 0.171. The van der Waals surface area contributed by atoms with Crippen molar-refractivity contribution in [1.29, 1.82) is 0 Å². The molecule has 0 spiro atoms. The standard InChI is InChI=1S/C16H13ClN2O2/c1-10-18-14-8-13(6-7-15(14)21-10)19-16(20)12-4-2-11(9-17)3-5-12/h2-8H,9H2,1H3,(H,19,20). The van der Waals surface area contributed by atoms with Gasteiger partial charge in [-0.05, 0) is 35.9 Å². The summed E-state index contributed by atoms with van der Waals surface area (Å²) in [6.45, 7) is 1.79. The minimum atomic E-state index is -0.171. The summed E-state index contributed by atoms with van der Waals surface area (Å²) in [6.07, 6.45) is 0. The Hall–Kier alpha value is -2.33. The van der Waals surface area contributed by atoms with Crippen molar-refractivity contribution in [2.75, 3.05) is 5.32 Å². The van der Waals surface area contributed by atoms with Crippen LogP contribution in [0.2, 0.25) is 0 Å². The summed E-state index contributed by atoms with van der Waals surface area (Å²) in [5.74, 6) is 0.866. The molecule has 0 fully saturated rings. The number of aromatic nitrogens is 1. The van der Waals surface area contributed by atoms with Crippen LogP contribution in [0, 0.1) is 6.92 Å². The third-order valence-electron chi connectivity index (χ3n) is 3.12. The van der Waals surface area contributed by atoms with Crippen molar-refractivity contribution < 1.29 is 9.21 Å². The summed E-state index contributed by atoms with van der Waals surface area (Å²) in [6, 6.07) is 12.6. The van der Waals surface area contributed by atoms with Crippen LogP contribution in [0.4, 0.5) is 5.69 Å². The van der Waals surface area contributed by atoms with Crippen LogP contribution in [0.15, 0.2) is 46.9 Å². The van der Waals surface area contributed by atoms with Gasteiger partial charge in [-0.2, -0.15) is 0 Å². The SMILES string of the molecule is Cc1nc2cc(NC(=O)c3ccc(CCl)cc3)ccc2o1. The molecule has 1 amide bonds. The highest BCUT2D eigenvalue weighted by Crippen LogP contribution is 2.20. The number of halogens is 1. The molecule has 0 bridgehead atoms. The normalized spacial score (nSPS) is 10.8. The van der Waals surface area contributed by atoms with Gasteiger partial charge in [0.15, 0.2) is 11.5 Å². The molecule has 2 aromatic carbocycles. The lowest BCUT2D eigenvalue weighted by atomic mass is 10.1. The number of fused-ring (bicyclic) bond motifs is 1. The molecule has 21 heavy (non-hydrogen) atoms. The maximum atomic E-state index is 12.2. The van der Waals surface area contributed by atoms with Gasteiger partial charge in [-0.25, -0.2) is 4.98 Å². The molecule has 0 aliphatic carbocycles. The minimum Gasteiger partial charge on any atom is -0.441 e. The van der Waals surface area contributed by atoms with E-state index in [4.69, 9.17) is 16.0 Å². The number of alkyl halides is 1. The average Bonchev–Trinajstić information content (AvgIpc) is 2.86. The first kappa shape index (κ1) is 13.6. The number of anilines is 1. The molecule has 4 nitrogen and oxygen atoms in total. The summed E-state index contributed by atoms with van der Waals surface area (Å²) in [4.78, 5) is 16.4.